The lowest BCUT2D eigenvalue weighted by Gasteiger charge is -2.46. The average Bonchev–Trinajstić information content (AvgIpc) is 3.56. The van der Waals surface area contributed by atoms with E-state index in [1.807, 2.05) is 0 Å². The molecule has 2 rings (SSSR count). The van der Waals surface area contributed by atoms with E-state index >= 15 is 0 Å². The summed E-state index contributed by atoms with van der Waals surface area (Å²) in [5, 5.41) is 87.4. The Morgan fingerprint density at radius 1 is 0.427 bits per heavy atom. The zero-order valence-electron chi connectivity index (χ0n) is 52.8. The van der Waals surface area contributed by atoms with Crippen molar-refractivity contribution in [1.82, 2.24) is 5.32 Å². The van der Waals surface area contributed by atoms with Crippen molar-refractivity contribution in [1.29, 1.82) is 0 Å². The van der Waals surface area contributed by atoms with Crippen molar-refractivity contribution in [2.45, 2.75) is 396 Å². The summed E-state index contributed by atoms with van der Waals surface area (Å²) in [7, 11) is 0. The van der Waals surface area contributed by atoms with Crippen LogP contribution in [-0.4, -0.2) is 140 Å². The quantitative estimate of drug-likeness (QED) is 0.0204. The van der Waals surface area contributed by atoms with Gasteiger partial charge in [-0.25, -0.2) is 0 Å². The topological polar surface area (TPSA) is 228 Å². The molecule has 14 heteroatoms. The van der Waals surface area contributed by atoms with Crippen molar-refractivity contribution in [2.24, 2.45) is 0 Å². The van der Waals surface area contributed by atoms with Gasteiger partial charge in [0, 0.05) is 6.42 Å². The minimum absolute atomic E-state index is 0.200. The molecule has 486 valence electrons. The molecule has 2 saturated heterocycles. The van der Waals surface area contributed by atoms with Gasteiger partial charge in [0.25, 0.3) is 0 Å². The summed E-state index contributed by atoms with van der Waals surface area (Å²) >= 11 is 0. The minimum atomic E-state index is -1.78. The normalized spacial score (nSPS) is 23.9. The van der Waals surface area contributed by atoms with Crippen LogP contribution in [0.5, 0.6) is 0 Å². The number of carbonyl (C=O) groups is 1. The van der Waals surface area contributed by atoms with E-state index in [-0.39, 0.29) is 12.5 Å². The second-order valence-corrected chi connectivity index (χ2v) is 25.0. The number of aliphatic hydroxyl groups is 8. The predicted octanol–water partition coefficient (Wildman–Crippen LogP) is 13.8. The van der Waals surface area contributed by atoms with Crippen LogP contribution in [0.2, 0.25) is 0 Å². The average molecular weight is 1170 g/mol. The highest BCUT2D eigenvalue weighted by molar-refractivity contribution is 5.76. The van der Waals surface area contributed by atoms with E-state index in [0.29, 0.717) is 12.8 Å². The fourth-order valence-corrected chi connectivity index (χ4v) is 11.9. The van der Waals surface area contributed by atoms with Gasteiger partial charge in [0.05, 0.1) is 32.0 Å². The first kappa shape index (κ1) is 76.8. The highest BCUT2D eigenvalue weighted by Gasteiger charge is 2.51. The largest absolute Gasteiger partial charge is 0.394 e. The Balaban J connectivity index is 1.57. The van der Waals surface area contributed by atoms with Crippen molar-refractivity contribution in [3.05, 3.63) is 12.2 Å². The summed E-state index contributed by atoms with van der Waals surface area (Å²) in [6.45, 7) is 2.89. The van der Waals surface area contributed by atoms with Gasteiger partial charge < -0.3 is 65.1 Å². The number of ether oxygens (including phenoxy) is 4. The molecule has 0 bridgehead atoms. The molecule has 2 fully saturated rings. The Labute approximate surface area is 501 Å². The first-order valence-electron chi connectivity index (χ1n) is 34.9. The second-order valence-electron chi connectivity index (χ2n) is 25.0. The lowest BCUT2D eigenvalue weighted by Crippen LogP contribution is -2.65. The summed E-state index contributed by atoms with van der Waals surface area (Å²) in [6.07, 6.45) is 48.3. The molecule has 0 aromatic heterocycles. The number of hydrogen-bond donors (Lipinski definition) is 9. The molecule has 2 heterocycles. The van der Waals surface area contributed by atoms with Crippen LogP contribution >= 0.6 is 0 Å². The molecule has 14 nitrogen and oxygen atoms in total. The van der Waals surface area contributed by atoms with Crippen molar-refractivity contribution in [3.8, 4) is 0 Å². The monoisotopic (exact) mass is 1170 g/mol. The fraction of sp³-hybridized carbons (Fsp3) is 0.956. The molecule has 0 spiro atoms. The molecule has 2 aliphatic heterocycles. The van der Waals surface area contributed by atoms with E-state index in [2.05, 4.69) is 31.3 Å². The Morgan fingerprint density at radius 3 is 1.16 bits per heavy atom. The van der Waals surface area contributed by atoms with E-state index in [9.17, 15) is 45.6 Å². The maximum Gasteiger partial charge on any atom is 0.220 e. The molecule has 0 radical (unpaired) electrons. The first-order valence-corrected chi connectivity index (χ1v) is 34.9. The maximum absolute atomic E-state index is 13.3. The van der Waals surface area contributed by atoms with Gasteiger partial charge in [-0.1, -0.05) is 289 Å². The van der Waals surface area contributed by atoms with Crippen LogP contribution in [0.1, 0.15) is 322 Å². The van der Waals surface area contributed by atoms with E-state index in [0.717, 1.165) is 51.4 Å². The van der Waals surface area contributed by atoms with Crippen LogP contribution in [-0.2, 0) is 23.7 Å². The van der Waals surface area contributed by atoms with Gasteiger partial charge >= 0.3 is 0 Å². The highest BCUT2D eigenvalue weighted by Crippen LogP contribution is 2.30. The van der Waals surface area contributed by atoms with E-state index in [1.165, 1.54) is 244 Å². The molecule has 1 amide bonds. The van der Waals surface area contributed by atoms with Gasteiger partial charge in [0.1, 0.15) is 48.8 Å². The summed E-state index contributed by atoms with van der Waals surface area (Å²) in [4.78, 5) is 13.3. The van der Waals surface area contributed by atoms with Gasteiger partial charge in [-0.05, 0) is 38.5 Å². The van der Waals surface area contributed by atoms with Gasteiger partial charge in [0.15, 0.2) is 12.6 Å². The summed E-state index contributed by atoms with van der Waals surface area (Å²) in [6, 6.07) is -0.824. The Bertz CT molecular complexity index is 1420. The SMILES string of the molecule is CCCCCCCCCC/C=C\CCCCCCCCCCCCCCCCCCCCCCCCCC(=O)NC(COC1OC(CO)C(OC2OC(CO)C(O)C(O)C2O)C(O)C1O)C(O)CCCCCCCCCCCCCCC. The summed E-state index contributed by atoms with van der Waals surface area (Å²) in [5.41, 5.74) is 0. The molecule has 0 aromatic rings. The molecule has 0 aliphatic carbocycles. The number of hydrogen-bond acceptors (Lipinski definition) is 13. The molecular weight excluding hydrogens is 1040 g/mol. The zero-order valence-corrected chi connectivity index (χ0v) is 52.8. The first-order chi connectivity index (χ1) is 40.1. The Kier molecular flexibility index (Phi) is 50.5. The molecule has 0 saturated carbocycles. The molecule has 0 aromatic carbocycles. The number of amides is 1. The lowest BCUT2D eigenvalue weighted by atomic mass is 9.97. The van der Waals surface area contributed by atoms with Gasteiger partial charge in [0.2, 0.25) is 5.91 Å². The maximum atomic E-state index is 13.3. The molecular formula is C68H131NO13. The predicted molar refractivity (Wildman–Crippen MR) is 332 cm³/mol. The fourth-order valence-electron chi connectivity index (χ4n) is 11.9. The number of allylic oxidation sites excluding steroid dienone is 2. The van der Waals surface area contributed by atoms with Crippen LogP contribution in [0.25, 0.3) is 0 Å². The van der Waals surface area contributed by atoms with Gasteiger partial charge in [-0.3, -0.25) is 4.79 Å². The van der Waals surface area contributed by atoms with Crippen LogP contribution in [0.15, 0.2) is 12.2 Å². The lowest BCUT2D eigenvalue weighted by molar-refractivity contribution is -0.359. The van der Waals surface area contributed by atoms with Crippen LogP contribution in [0, 0.1) is 0 Å². The van der Waals surface area contributed by atoms with Crippen molar-refractivity contribution in [2.75, 3.05) is 19.8 Å². The third-order valence-electron chi connectivity index (χ3n) is 17.5. The molecule has 12 atom stereocenters. The van der Waals surface area contributed by atoms with Crippen molar-refractivity contribution in [3.63, 3.8) is 0 Å². The Morgan fingerprint density at radius 2 is 0.768 bits per heavy atom. The number of nitrogens with one attached hydrogen (secondary N) is 1. The van der Waals surface area contributed by atoms with Gasteiger partial charge in [-0.2, -0.15) is 0 Å². The molecule has 82 heavy (non-hydrogen) atoms. The standard InChI is InChI=1S/C68H131NO13/c1-3-5-7-9-11-13-15-17-18-19-20-21-22-23-24-25-26-27-28-29-30-31-32-33-34-35-36-37-38-40-42-44-46-48-50-52-60(73)69-56(57(72)51-49-47-45-43-41-39-16-14-12-10-8-6-4-2)55-79-67-65(78)63(76)66(59(54-71)81-67)82-68-64(77)62(75)61(74)58(53-70)80-68/h19-20,56-59,61-68,70-72,74-78H,3-18,21-55H2,1-2H3,(H,69,73)/b20-19-. The number of unbranched alkanes of at least 4 members (excludes halogenated alkanes) is 43. The number of aliphatic hydroxyl groups excluding tert-OH is 8. The molecule has 9 N–H and O–H groups in total. The smallest absolute Gasteiger partial charge is 0.220 e. The minimum Gasteiger partial charge on any atom is -0.394 e. The number of rotatable bonds is 58. The van der Waals surface area contributed by atoms with Gasteiger partial charge in [-0.15, -0.1) is 0 Å². The Hall–Kier alpha value is -1.27. The van der Waals surface area contributed by atoms with E-state index < -0.39 is 86.8 Å². The second kappa shape index (κ2) is 53.9. The van der Waals surface area contributed by atoms with E-state index in [4.69, 9.17) is 18.9 Å². The third kappa shape index (κ3) is 38.1. The zero-order chi connectivity index (χ0) is 59.5. The number of carbonyl (C=O) groups excluding carboxylic acids is 1. The molecule has 2 aliphatic rings. The third-order valence-corrected chi connectivity index (χ3v) is 17.5. The summed E-state index contributed by atoms with van der Waals surface area (Å²) < 4.78 is 22.9. The van der Waals surface area contributed by atoms with Crippen molar-refractivity contribution >= 4 is 5.91 Å². The van der Waals surface area contributed by atoms with Crippen LogP contribution < -0.4 is 5.32 Å². The van der Waals surface area contributed by atoms with Crippen LogP contribution in [0.4, 0.5) is 0 Å². The van der Waals surface area contributed by atoms with E-state index in [1.54, 1.807) is 0 Å². The molecule has 12 unspecified atom stereocenters. The summed E-state index contributed by atoms with van der Waals surface area (Å²) in [5.74, 6) is -0.200. The highest BCUT2D eigenvalue weighted by atomic mass is 16.7. The van der Waals surface area contributed by atoms with Crippen LogP contribution in [0.3, 0.4) is 0 Å². The van der Waals surface area contributed by atoms with Crippen molar-refractivity contribution < 1.29 is 64.6 Å².